The first-order valence-corrected chi connectivity index (χ1v) is 5.05. The molecule has 0 spiro atoms. The van der Waals surface area contributed by atoms with E-state index in [1.54, 1.807) is 0 Å². The molecule has 1 saturated heterocycles. The van der Waals surface area contributed by atoms with Crippen molar-refractivity contribution in [3.8, 4) is 0 Å². The lowest BCUT2D eigenvalue weighted by Gasteiger charge is -2.36. The van der Waals surface area contributed by atoms with Crippen LogP contribution in [0.1, 0.15) is 25.3 Å². The van der Waals surface area contributed by atoms with Crippen molar-refractivity contribution in [2.75, 3.05) is 0 Å². The molecule has 2 unspecified atom stereocenters. The molecule has 80 valence electrons. The molecule has 15 heavy (non-hydrogen) atoms. The highest BCUT2D eigenvalue weighted by Gasteiger charge is 2.38. The van der Waals surface area contributed by atoms with Gasteiger partial charge in [-0.15, -0.1) is 0 Å². The van der Waals surface area contributed by atoms with E-state index in [0.29, 0.717) is 6.42 Å². The average molecular weight is 206 g/mol. The second-order valence-electron chi connectivity index (χ2n) is 4.13. The number of cyclic esters (lactones) is 1. The molecule has 0 amide bonds. The molecule has 0 bridgehead atoms. The Labute approximate surface area is 88.7 Å². The summed E-state index contributed by atoms with van der Waals surface area (Å²) in [5.41, 5.74) is 0.243. The van der Waals surface area contributed by atoms with Gasteiger partial charge in [0.25, 0.3) is 0 Å². The number of ether oxygens (including phenoxy) is 1. The van der Waals surface area contributed by atoms with Gasteiger partial charge in [-0.3, -0.25) is 4.79 Å². The molecule has 0 aliphatic carbocycles. The van der Waals surface area contributed by atoms with Gasteiger partial charge in [0.05, 0.1) is 12.5 Å². The summed E-state index contributed by atoms with van der Waals surface area (Å²) in [4.78, 5) is 11.3. The third-order valence-electron chi connectivity index (χ3n) is 2.75. The van der Waals surface area contributed by atoms with Crippen molar-refractivity contribution in [3.63, 3.8) is 0 Å². The van der Waals surface area contributed by atoms with Crippen LogP contribution in [0.2, 0.25) is 0 Å². The van der Waals surface area contributed by atoms with Crippen LogP contribution >= 0.6 is 0 Å². The van der Waals surface area contributed by atoms with Crippen molar-refractivity contribution >= 4 is 5.97 Å². The molecule has 0 saturated carbocycles. The van der Waals surface area contributed by atoms with Gasteiger partial charge in [-0.05, 0) is 12.5 Å². The maximum Gasteiger partial charge on any atom is 0.309 e. The number of benzene rings is 1. The molecule has 1 aromatic carbocycles. The van der Waals surface area contributed by atoms with Crippen LogP contribution in [0, 0.1) is 0 Å². The van der Waals surface area contributed by atoms with Crippen molar-refractivity contribution in [3.05, 3.63) is 35.9 Å². The van der Waals surface area contributed by atoms with E-state index in [4.69, 9.17) is 4.74 Å². The van der Waals surface area contributed by atoms with E-state index in [0.717, 1.165) is 5.56 Å². The van der Waals surface area contributed by atoms with Crippen molar-refractivity contribution < 1.29 is 14.6 Å². The Hall–Kier alpha value is -1.35. The highest BCUT2D eigenvalue weighted by molar-refractivity contribution is 5.71. The molecule has 3 heteroatoms. The Morgan fingerprint density at radius 3 is 2.67 bits per heavy atom. The molecule has 1 heterocycles. The molecule has 1 aliphatic heterocycles. The lowest BCUT2D eigenvalue weighted by atomic mass is 9.87. The minimum Gasteiger partial charge on any atom is -0.454 e. The van der Waals surface area contributed by atoms with Gasteiger partial charge in [-0.2, -0.15) is 0 Å². The summed E-state index contributed by atoms with van der Waals surface area (Å²) in [5.74, 6) is -0.333. The highest BCUT2D eigenvalue weighted by Crippen LogP contribution is 2.35. The molecule has 2 atom stereocenters. The van der Waals surface area contributed by atoms with E-state index in [2.05, 4.69) is 0 Å². The number of hydrogen-bond acceptors (Lipinski definition) is 3. The maximum atomic E-state index is 11.3. The van der Waals surface area contributed by atoms with Crippen LogP contribution in [0.3, 0.4) is 0 Å². The van der Waals surface area contributed by atoms with E-state index >= 15 is 0 Å². The van der Waals surface area contributed by atoms with Crippen molar-refractivity contribution in [1.29, 1.82) is 0 Å². The predicted octanol–water partition coefficient (Wildman–Crippen LogP) is 1.60. The topological polar surface area (TPSA) is 46.5 Å². The zero-order chi connectivity index (χ0) is 10.9. The van der Waals surface area contributed by atoms with Gasteiger partial charge in [0.1, 0.15) is 5.60 Å². The molecule has 3 nitrogen and oxygen atoms in total. The minimum absolute atomic E-state index is 0.0996. The SMILES string of the molecule is CC1(c2ccccc2)CC(O)CC(=O)O1. The zero-order valence-corrected chi connectivity index (χ0v) is 8.64. The van der Waals surface area contributed by atoms with Gasteiger partial charge >= 0.3 is 5.97 Å². The number of carbonyl (C=O) groups is 1. The Kier molecular flexibility index (Phi) is 2.49. The molecule has 0 aromatic heterocycles. The lowest BCUT2D eigenvalue weighted by Crippen LogP contribution is -2.39. The Morgan fingerprint density at radius 1 is 1.40 bits per heavy atom. The number of rotatable bonds is 1. The Bertz CT molecular complexity index is 360. The van der Waals surface area contributed by atoms with Crippen LogP contribution in [0.25, 0.3) is 0 Å². The van der Waals surface area contributed by atoms with Crippen molar-refractivity contribution in [2.45, 2.75) is 31.5 Å². The van der Waals surface area contributed by atoms with Gasteiger partial charge in [0.2, 0.25) is 0 Å². The fourth-order valence-electron chi connectivity index (χ4n) is 2.02. The zero-order valence-electron chi connectivity index (χ0n) is 8.64. The quantitative estimate of drug-likeness (QED) is 0.710. The summed E-state index contributed by atoms with van der Waals surface area (Å²) in [7, 11) is 0. The second kappa shape index (κ2) is 3.66. The molecule has 1 aromatic rings. The third-order valence-corrected chi connectivity index (χ3v) is 2.75. The van der Waals surface area contributed by atoms with E-state index in [9.17, 15) is 9.90 Å². The molecule has 1 fully saturated rings. The van der Waals surface area contributed by atoms with Gasteiger partial charge in [0, 0.05) is 6.42 Å². The maximum absolute atomic E-state index is 11.3. The molecule has 0 radical (unpaired) electrons. The fourth-order valence-corrected chi connectivity index (χ4v) is 2.02. The summed E-state index contributed by atoms with van der Waals surface area (Å²) in [6.45, 7) is 1.84. The fraction of sp³-hybridized carbons (Fsp3) is 0.417. The number of carbonyl (C=O) groups excluding carboxylic acids is 1. The van der Waals surface area contributed by atoms with E-state index < -0.39 is 11.7 Å². The third kappa shape index (κ3) is 2.02. The minimum atomic E-state index is -0.685. The van der Waals surface area contributed by atoms with Crippen molar-refractivity contribution in [1.82, 2.24) is 0 Å². The molecule has 1 aliphatic rings. The predicted molar refractivity (Wildman–Crippen MR) is 55.1 cm³/mol. The lowest BCUT2D eigenvalue weighted by molar-refractivity contribution is -0.175. The molecule has 1 N–H and O–H groups in total. The standard InChI is InChI=1S/C12H14O3/c1-12(9-5-3-2-4-6-9)8-10(13)7-11(14)15-12/h2-6,10,13H,7-8H2,1H3. The Balaban J connectivity index is 2.30. The first kappa shape index (κ1) is 10.2. The number of esters is 1. The normalized spacial score (nSPS) is 31.1. The second-order valence-corrected chi connectivity index (χ2v) is 4.13. The molecular formula is C12H14O3. The van der Waals surface area contributed by atoms with Gasteiger partial charge in [-0.25, -0.2) is 0 Å². The van der Waals surface area contributed by atoms with Crippen LogP contribution in [-0.2, 0) is 15.1 Å². The summed E-state index contributed by atoms with van der Waals surface area (Å²) in [5, 5.41) is 9.58. The Morgan fingerprint density at radius 2 is 2.07 bits per heavy atom. The van der Waals surface area contributed by atoms with Crippen LogP contribution in [-0.4, -0.2) is 17.2 Å². The monoisotopic (exact) mass is 206 g/mol. The van der Waals surface area contributed by atoms with E-state index in [1.165, 1.54) is 0 Å². The first-order valence-electron chi connectivity index (χ1n) is 5.05. The molecular weight excluding hydrogens is 192 g/mol. The first-order chi connectivity index (χ1) is 7.10. The van der Waals surface area contributed by atoms with Crippen LogP contribution in [0.15, 0.2) is 30.3 Å². The largest absolute Gasteiger partial charge is 0.454 e. The van der Waals surface area contributed by atoms with E-state index in [1.807, 2.05) is 37.3 Å². The van der Waals surface area contributed by atoms with Crippen molar-refractivity contribution in [2.24, 2.45) is 0 Å². The average Bonchev–Trinajstić information content (AvgIpc) is 2.17. The summed E-state index contributed by atoms with van der Waals surface area (Å²) < 4.78 is 5.33. The number of hydrogen-bond donors (Lipinski definition) is 1. The van der Waals surface area contributed by atoms with Crippen LogP contribution < -0.4 is 0 Å². The highest BCUT2D eigenvalue weighted by atomic mass is 16.6. The summed E-state index contributed by atoms with van der Waals surface area (Å²) >= 11 is 0. The van der Waals surface area contributed by atoms with Gasteiger partial charge < -0.3 is 9.84 Å². The smallest absolute Gasteiger partial charge is 0.309 e. The van der Waals surface area contributed by atoms with Crippen LogP contribution in [0.5, 0.6) is 0 Å². The van der Waals surface area contributed by atoms with Gasteiger partial charge in [-0.1, -0.05) is 30.3 Å². The number of aliphatic hydroxyl groups is 1. The van der Waals surface area contributed by atoms with Gasteiger partial charge in [0.15, 0.2) is 0 Å². The summed E-state index contributed by atoms with van der Waals surface area (Å²) in [6.07, 6.45) is -0.0398. The van der Waals surface area contributed by atoms with Crippen LogP contribution in [0.4, 0.5) is 0 Å². The molecule has 2 rings (SSSR count). The van der Waals surface area contributed by atoms with E-state index in [-0.39, 0.29) is 12.4 Å². The number of aliphatic hydroxyl groups excluding tert-OH is 1. The summed E-state index contributed by atoms with van der Waals surface area (Å²) in [6, 6.07) is 9.52.